The van der Waals surface area contributed by atoms with Crippen molar-refractivity contribution in [1.82, 2.24) is 0 Å². The molecule has 0 aromatic heterocycles. The van der Waals surface area contributed by atoms with Gasteiger partial charge in [0.25, 0.3) is 0 Å². The summed E-state index contributed by atoms with van der Waals surface area (Å²) in [5.74, 6) is 0.551. The van der Waals surface area contributed by atoms with Gasteiger partial charge >= 0.3 is 0 Å². The maximum Gasteiger partial charge on any atom is 0.0413 e. The van der Waals surface area contributed by atoms with E-state index in [0.717, 1.165) is 6.42 Å². The van der Waals surface area contributed by atoms with E-state index in [4.69, 9.17) is 0 Å². The minimum absolute atomic E-state index is 0.551. The molecule has 1 unspecified atom stereocenters. The minimum atomic E-state index is 0.551. The van der Waals surface area contributed by atoms with Crippen LogP contribution in [0, 0.1) is 5.92 Å². The van der Waals surface area contributed by atoms with Crippen molar-refractivity contribution in [3.05, 3.63) is 24.3 Å². The first-order chi connectivity index (χ1) is 4.88. The van der Waals surface area contributed by atoms with Crippen LogP contribution in [0.1, 0.15) is 13.3 Å². The SMILES string of the molecule is CCC1C=CC=CC1=NC. The van der Waals surface area contributed by atoms with Crippen LogP contribution in [0.2, 0.25) is 0 Å². The molecule has 1 aliphatic rings. The van der Waals surface area contributed by atoms with E-state index in [1.807, 2.05) is 13.1 Å². The molecule has 1 heteroatoms. The maximum absolute atomic E-state index is 4.18. The minimum Gasteiger partial charge on any atom is -0.292 e. The molecule has 0 N–H and O–H groups in total. The molecule has 1 aliphatic carbocycles. The van der Waals surface area contributed by atoms with Gasteiger partial charge in [-0.2, -0.15) is 0 Å². The van der Waals surface area contributed by atoms with Crippen LogP contribution >= 0.6 is 0 Å². The lowest BCUT2D eigenvalue weighted by atomic mass is 9.96. The Kier molecular flexibility index (Phi) is 2.43. The highest BCUT2D eigenvalue weighted by Gasteiger charge is 2.08. The summed E-state index contributed by atoms with van der Waals surface area (Å²) in [6.45, 7) is 2.18. The molecule has 0 heterocycles. The Morgan fingerprint density at radius 3 is 2.80 bits per heavy atom. The van der Waals surface area contributed by atoms with Gasteiger partial charge in [-0.1, -0.05) is 25.2 Å². The van der Waals surface area contributed by atoms with Crippen molar-refractivity contribution >= 4 is 5.71 Å². The van der Waals surface area contributed by atoms with E-state index < -0.39 is 0 Å². The number of hydrogen-bond acceptors (Lipinski definition) is 1. The molecule has 10 heavy (non-hydrogen) atoms. The molecule has 1 atom stereocenters. The molecule has 0 saturated carbocycles. The molecule has 54 valence electrons. The third-order valence-electron chi connectivity index (χ3n) is 1.80. The first-order valence-corrected chi connectivity index (χ1v) is 3.70. The highest BCUT2D eigenvalue weighted by atomic mass is 14.7. The Hall–Kier alpha value is -0.850. The molecule has 0 aliphatic heterocycles. The highest BCUT2D eigenvalue weighted by Crippen LogP contribution is 2.12. The summed E-state index contributed by atoms with van der Waals surface area (Å²) in [5.41, 5.74) is 1.20. The average Bonchev–Trinajstić information content (AvgIpc) is 2.04. The molecule has 0 aromatic rings. The van der Waals surface area contributed by atoms with Gasteiger partial charge in [0.15, 0.2) is 0 Å². The van der Waals surface area contributed by atoms with E-state index in [1.54, 1.807) is 0 Å². The Bertz CT molecular complexity index is 187. The van der Waals surface area contributed by atoms with Gasteiger partial charge in [-0.3, -0.25) is 4.99 Å². The Balaban J connectivity index is 2.74. The fraction of sp³-hybridized carbons (Fsp3) is 0.444. The fourth-order valence-electron chi connectivity index (χ4n) is 1.16. The van der Waals surface area contributed by atoms with Crippen molar-refractivity contribution in [3.8, 4) is 0 Å². The van der Waals surface area contributed by atoms with Crippen molar-refractivity contribution in [3.63, 3.8) is 0 Å². The number of hydrogen-bond donors (Lipinski definition) is 0. The molecule has 0 fully saturated rings. The van der Waals surface area contributed by atoms with Crippen LogP contribution < -0.4 is 0 Å². The molecule has 1 nitrogen and oxygen atoms in total. The van der Waals surface area contributed by atoms with Gasteiger partial charge < -0.3 is 0 Å². The normalized spacial score (nSPS) is 27.8. The van der Waals surface area contributed by atoms with E-state index in [2.05, 4.69) is 30.1 Å². The fourth-order valence-corrected chi connectivity index (χ4v) is 1.16. The van der Waals surface area contributed by atoms with Crippen LogP contribution in [0.25, 0.3) is 0 Å². The van der Waals surface area contributed by atoms with Gasteiger partial charge in [0, 0.05) is 18.7 Å². The molecule has 0 amide bonds. The number of rotatable bonds is 1. The summed E-state index contributed by atoms with van der Waals surface area (Å²) in [7, 11) is 1.85. The van der Waals surface area contributed by atoms with Crippen LogP contribution in [0.5, 0.6) is 0 Å². The summed E-state index contributed by atoms with van der Waals surface area (Å²) in [6.07, 6.45) is 9.54. The zero-order valence-electron chi connectivity index (χ0n) is 6.54. The number of aliphatic imine (C=N–C) groups is 1. The monoisotopic (exact) mass is 135 g/mol. The Labute approximate surface area is 62.2 Å². The lowest BCUT2D eigenvalue weighted by molar-refractivity contribution is 0.814. The van der Waals surface area contributed by atoms with Gasteiger partial charge in [0.2, 0.25) is 0 Å². The quantitative estimate of drug-likeness (QED) is 0.522. The largest absolute Gasteiger partial charge is 0.292 e. The predicted octanol–water partition coefficient (Wildman–Crippen LogP) is 2.21. The standard InChI is InChI=1S/C9H13N/c1-3-8-6-4-5-7-9(8)10-2/h4-8H,3H2,1-2H3. The molecule has 0 spiro atoms. The van der Waals surface area contributed by atoms with Crippen molar-refractivity contribution in [1.29, 1.82) is 0 Å². The van der Waals surface area contributed by atoms with Crippen LogP contribution in [0.3, 0.4) is 0 Å². The summed E-state index contributed by atoms with van der Waals surface area (Å²) in [5, 5.41) is 0. The number of allylic oxidation sites excluding steroid dienone is 4. The molecular weight excluding hydrogens is 122 g/mol. The van der Waals surface area contributed by atoms with Gasteiger partial charge in [-0.15, -0.1) is 0 Å². The van der Waals surface area contributed by atoms with Crippen LogP contribution in [-0.4, -0.2) is 12.8 Å². The van der Waals surface area contributed by atoms with Crippen molar-refractivity contribution in [2.45, 2.75) is 13.3 Å². The van der Waals surface area contributed by atoms with E-state index in [1.165, 1.54) is 5.71 Å². The van der Waals surface area contributed by atoms with Crippen LogP contribution in [0.15, 0.2) is 29.3 Å². The molecule has 0 aromatic carbocycles. The van der Waals surface area contributed by atoms with Crippen LogP contribution in [-0.2, 0) is 0 Å². The summed E-state index contributed by atoms with van der Waals surface area (Å²) < 4.78 is 0. The van der Waals surface area contributed by atoms with E-state index >= 15 is 0 Å². The third kappa shape index (κ3) is 1.35. The smallest absolute Gasteiger partial charge is 0.0413 e. The Morgan fingerprint density at radius 1 is 1.50 bits per heavy atom. The lowest BCUT2D eigenvalue weighted by Gasteiger charge is -2.11. The van der Waals surface area contributed by atoms with Gasteiger partial charge in [0.05, 0.1) is 0 Å². The number of nitrogens with zero attached hydrogens (tertiary/aromatic N) is 1. The third-order valence-corrected chi connectivity index (χ3v) is 1.80. The van der Waals surface area contributed by atoms with Gasteiger partial charge in [0.1, 0.15) is 0 Å². The van der Waals surface area contributed by atoms with Crippen molar-refractivity contribution in [2.24, 2.45) is 10.9 Å². The molecule has 0 bridgehead atoms. The first-order valence-electron chi connectivity index (χ1n) is 3.70. The second-order valence-electron chi connectivity index (χ2n) is 2.41. The molecule has 0 saturated heterocycles. The van der Waals surface area contributed by atoms with Crippen molar-refractivity contribution in [2.75, 3.05) is 7.05 Å². The lowest BCUT2D eigenvalue weighted by Crippen LogP contribution is -2.10. The topological polar surface area (TPSA) is 12.4 Å². The summed E-state index contributed by atoms with van der Waals surface area (Å²) in [6, 6.07) is 0. The molecular formula is C9H13N. The zero-order chi connectivity index (χ0) is 7.40. The highest BCUT2D eigenvalue weighted by molar-refractivity contribution is 5.99. The second-order valence-corrected chi connectivity index (χ2v) is 2.41. The first kappa shape index (κ1) is 7.26. The summed E-state index contributed by atoms with van der Waals surface area (Å²) in [4.78, 5) is 4.18. The predicted molar refractivity (Wildman–Crippen MR) is 45.4 cm³/mol. The van der Waals surface area contributed by atoms with Crippen molar-refractivity contribution < 1.29 is 0 Å². The average molecular weight is 135 g/mol. The second kappa shape index (κ2) is 3.35. The van der Waals surface area contributed by atoms with Gasteiger partial charge in [-0.05, 0) is 12.5 Å². The van der Waals surface area contributed by atoms with E-state index in [0.29, 0.717) is 5.92 Å². The van der Waals surface area contributed by atoms with Crippen LogP contribution in [0.4, 0.5) is 0 Å². The molecule has 1 rings (SSSR count). The molecule has 0 radical (unpaired) electrons. The van der Waals surface area contributed by atoms with Gasteiger partial charge in [-0.25, -0.2) is 0 Å². The van der Waals surface area contributed by atoms with E-state index in [-0.39, 0.29) is 0 Å². The summed E-state index contributed by atoms with van der Waals surface area (Å²) >= 11 is 0. The zero-order valence-corrected chi connectivity index (χ0v) is 6.54. The Morgan fingerprint density at radius 2 is 2.30 bits per heavy atom. The maximum atomic E-state index is 4.18. The van der Waals surface area contributed by atoms with E-state index in [9.17, 15) is 0 Å².